The van der Waals surface area contributed by atoms with Crippen molar-refractivity contribution in [2.24, 2.45) is 5.73 Å². The molecule has 3 nitrogen and oxygen atoms in total. The molecule has 5 N–H and O–H groups in total. The van der Waals surface area contributed by atoms with Gasteiger partial charge in [-0.2, -0.15) is 0 Å². The zero-order chi connectivity index (χ0) is 8.12. The van der Waals surface area contributed by atoms with Crippen LogP contribution >= 0.6 is 46.4 Å². The van der Waals surface area contributed by atoms with Crippen LogP contribution in [-0.2, 0) is 0 Å². The molecule has 0 amide bonds. The second-order valence-corrected chi connectivity index (χ2v) is 2.00. The summed E-state index contributed by atoms with van der Waals surface area (Å²) >= 11 is 19.1. The number of aliphatic hydroxyl groups excluding tert-OH is 1. The molecule has 0 unspecified atom stereocenters. The van der Waals surface area contributed by atoms with E-state index in [4.69, 9.17) is 51.5 Å². The summed E-state index contributed by atoms with van der Waals surface area (Å²) in [5.74, 6) is 0. The van der Waals surface area contributed by atoms with Gasteiger partial charge < -0.3 is 16.3 Å². The summed E-state index contributed by atoms with van der Waals surface area (Å²) < 4.78 is 0. The highest BCUT2D eigenvalue weighted by molar-refractivity contribution is 6.40. The minimum atomic E-state index is -0.250. The molecule has 0 aliphatic heterocycles. The fraction of sp³-hybridized carbons (Fsp3) is 1.00. The third kappa shape index (κ3) is 540. The molecule has 0 fully saturated rings. The van der Waals surface area contributed by atoms with Gasteiger partial charge in [0.1, 0.15) is 0 Å². The zero-order valence-corrected chi connectivity index (χ0v) is 8.18. The topological polar surface area (TPSA) is 77.8 Å². The lowest BCUT2D eigenvalue weighted by Gasteiger charge is -1.56. The van der Waals surface area contributed by atoms with E-state index in [1.54, 1.807) is 0 Å². The van der Waals surface area contributed by atoms with Gasteiger partial charge >= 0.3 is 0 Å². The van der Waals surface area contributed by atoms with E-state index < -0.39 is 0 Å². The number of halogens is 4. The molecule has 0 aromatic rings. The van der Waals surface area contributed by atoms with Gasteiger partial charge in [-0.3, -0.25) is 0 Å². The summed E-state index contributed by atoms with van der Waals surface area (Å²) in [4.78, 5) is 0. The van der Waals surface area contributed by atoms with Gasteiger partial charge in [-0.15, -0.1) is 46.4 Å². The van der Waals surface area contributed by atoms with Gasteiger partial charge in [-0.05, 0) is 0 Å². The van der Waals surface area contributed by atoms with Gasteiger partial charge in [0.2, 0.25) is 0 Å². The highest BCUT2D eigenvalue weighted by Gasteiger charge is 1.42. The summed E-state index contributed by atoms with van der Waals surface area (Å²) in [5, 5.41) is 7.74. The van der Waals surface area contributed by atoms with Crippen molar-refractivity contribution in [3.63, 3.8) is 0 Å². The Balaban J connectivity index is -0.0000000257. The average molecular weight is 235 g/mol. The Morgan fingerprint density at radius 1 is 1.00 bits per heavy atom. The van der Waals surface area contributed by atoms with E-state index in [1.807, 2.05) is 0 Å². The highest BCUT2D eigenvalue weighted by atomic mass is 35.5. The molecule has 0 heterocycles. The van der Waals surface area contributed by atoms with Crippen LogP contribution in [0.2, 0.25) is 0 Å². The lowest BCUT2D eigenvalue weighted by molar-refractivity contribution is 0.307. The fourth-order valence-corrected chi connectivity index (χ4v) is 0. The molecule has 0 saturated carbocycles. The molecule has 0 bridgehead atoms. The number of alkyl halides is 4. The first kappa shape index (κ1) is 22.5. The van der Waals surface area contributed by atoms with Crippen molar-refractivity contribution in [2.45, 2.75) is 0 Å². The molecule has 0 aromatic heterocycles. The smallest absolute Gasteiger partial charge is 0.0967 e. The predicted molar refractivity (Wildman–Crippen MR) is 48.0 cm³/mol. The van der Waals surface area contributed by atoms with Crippen LogP contribution in [-0.4, -0.2) is 28.0 Å². The van der Waals surface area contributed by atoms with Crippen LogP contribution in [0.5, 0.6) is 0 Å². The Morgan fingerprint density at radius 2 is 1.00 bits per heavy atom. The highest BCUT2D eigenvalue weighted by Crippen LogP contribution is 1.73. The van der Waals surface area contributed by atoms with E-state index in [0.717, 1.165) is 0 Å². The largest absolute Gasteiger partial charge is 0.412 e. The van der Waals surface area contributed by atoms with Crippen molar-refractivity contribution in [2.75, 3.05) is 17.4 Å². The van der Waals surface area contributed by atoms with Gasteiger partial charge in [-0.25, -0.2) is 0 Å². The first-order valence-corrected chi connectivity index (χ1v) is 3.93. The van der Waals surface area contributed by atoms with Crippen LogP contribution < -0.4 is 5.73 Å². The van der Waals surface area contributed by atoms with Crippen molar-refractivity contribution in [1.29, 1.82) is 0 Å². The molecular weight excluding hydrogens is 224 g/mol. The minimum absolute atomic E-state index is 0. The lowest BCUT2D eigenvalue weighted by Crippen LogP contribution is -1.92. The molecule has 0 aliphatic carbocycles. The normalized spacial score (nSPS) is 5.40. The average Bonchev–Trinajstić information content (AvgIpc) is 1.70. The molecular formula is C3H11Cl4NO2. The van der Waals surface area contributed by atoms with Crippen molar-refractivity contribution in [3.05, 3.63) is 0 Å². The second-order valence-electron chi connectivity index (χ2n) is 0.385. The Kier molecular flexibility index (Phi) is 113. The van der Waals surface area contributed by atoms with Crippen molar-refractivity contribution in [3.8, 4) is 0 Å². The van der Waals surface area contributed by atoms with Gasteiger partial charge in [0.15, 0.2) is 0 Å². The Labute approximate surface area is 80.3 Å². The summed E-state index contributed by atoms with van der Waals surface area (Å²) in [6.45, 7) is -0.250. The molecule has 7 heteroatoms. The third-order valence-electron chi connectivity index (χ3n) is 0. The fourth-order valence-electron chi connectivity index (χ4n) is 0. The van der Waals surface area contributed by atoms with Crippen LogP contribution in [0.3, 0.4) is 0 Å². The van der Waals surface area contributed by atoms with Crippen molar-refractivity contribution >= 4 is 46.4 Å². The number of rotatable bonds is 0. The molecule has 0 atom stereocenters. The van der Waals surface area contributed by atoms with Crippen LogP contribution in [0.25, 0.3) is 0 Å². The van der Waals surface area contributed by atoms with Crippen LogP contribution in [0, 0.1) is 0 Å². The Hall–Kier alpha value is 1.04. The molecule has 68 valence electrons. The maximum Gasteiger partial charge on any atom is 0.0967 e. The van der Waals surface area contributed by atoms with Gasteiger partial charge in [-0.1, -0.05) is 0 Å². The van der Waals surface area contributed by atoms with E-state index in [1.165, 1.54) is 0 Å². The second kappa shape index (κ2) is 50.3. The summed E-state index contributed by atoms with van der Waals surface area (Å²) in [5.41, 5.74) is 4.40. The van der Waals surface area contributed by atoms with E-state index >= 15 is 0 Å². The Bertz CT molecular complexity index is 23.2. The van der Waals surface area contributed by atoms with Gasteiger partial charge in [0, 0.05) is 0 Å². The maximum atomic E-state index is 7.35. The van der Waals surface area contributed by atoms with Crippen molar-refractivity contribution < 1.29 is 10.6 Å². The molecule has 0 saturated heterocycles. The quantitative estimate of drug-likeness (QED) is 0.483. The minimum Gasteiger partial charge on any atom is -0.412 e. The maximum absolute atomic E-state index is 7.35. The van der Waals surface area contributed by atoms with E-state index in [9.17, 15) is 0 Å². The van der Waals surface area contributed by atoms with Crippen LogP contribution in [0.1, 0.15) is 0 Å². The van der Waals surface area contributed by atoms with Gasteiger partial charge in [0.05, 0.1) is 17.4 Å². The monoisotopic (exact) mass is 233 g/mol. The van der Waals surface area contributed by atoms with Gasteiger partial charge in [0.25, 0.3) is 0 Å². The zero-order valence-electron chi connectivity index (χ0n) is 5.16. The first-order valence-electron chi connectivity index (χ1n) is 1.79. The third-order valence-corrected chi connectivity index (χ3v) is 0. The Morgan fingerprint density at radius 3 is 1.00 bits per heavy atom. The molecule has 0 aliphatic rings. The predicted octanol–water partition coefficient (Wildman–Crippen LogP) is 0.913. The molecule has 0 aromatic carbocycles. The first-order chi connectivity index (χ1) is 4.24. The number of hydrogen-bond acceptors (Lipinski definition) is 2. The number of aliphatic hydroxyl groups is 1. The molecule has 0 radical (unpaired) electrons. The molecule has 10 heavy (non-hydrogen) atoms. The van der Waals surface area contributed by atoms with E-state index in [0.29, 0.717) is 0 Å². The summed E-state index contributed by atoms with van der Waals surface area (Å²) in [7, 11) is 0. The van der Waals surface area contributed by atoms with E-state index in [2.05, 4.69) is 5.73 Å². The molecule has 0 rings (SSSR count). The number of hydrogen-bond donors (Lipinski definition) is 2. The van der Waals surface area contributed by atoms with Crippen molar-refractivity contribution in [1.82, 2.24) is 0 Å². The van der Waals surface area contributed by atoms with E-state index in [-0.39, 0.29) is 22.9 Å². The standard InChI is InChI=1S/2CH2Cl2.CH5NO.H2O/c3*2-1-3;/h2*1H2;3H,1-2H2;1H2. The van der Waals surface area contributed by atoms with Crippen LogP contribution in [0.15, 0.2) is 0 Å². The lowest BCUT2D eigenvalue weighted by atomic mass is 11.4. The summed E-state index contributed by atoms with van der Waals surface area (Å²) in [6, 6.07) is 0. The van der Waals surface area contributed by atoms with Crippen LogP contribution in [0.4, 0.5) is 0 Å². The number of nitrogens with two attached hydrogens (primary N) is 1. The summed E-state index contributed by atoms with van der Waals surface area (Å²) in [6.07, 6.45) is 0. The molecule has 0 spiro atoms. The SMILES string of the molecule is ClCCl.ClCCl.NCO.O.